The summed E-state index contributed by atoms with van der Waals surface area (Å²) in [6, 6.07) is 4.64. The van der Waals surface area contributed by atoms with Gasteiger partial charge in [-0.15, -0.1) is 11.8 Å². The molecule has 2 rings (SSSR count). The topological polar surface area (TPSA) is 24.9 Å². The molecule has 0 bridgehead atoms. The molecule has 4 heteroatoms. The van der Waals surface area contributed by atoms with Crippen LogP contribution in [0.3, 0.4) is 0 Å². The first-order valence-corrected chi connectivity index (χ1v) is 6.19. The van der Waals surface area contributed by atoms with E-state index in [9.17, 15) is 0 Å². The van der Waals surface area contributed by atoms with E-state index in [1.807, 2.05) is 12.1 Å². The van der Waals surface area contributed by atoms with Gasteiger partial charge in [-0.1, -0.05) is 11.6 Å². The van der Waals surface area contributed by atoms with Gasteiger partial charge in [0, 0.05) is 24.5 Å². The zero-order valence-corrected chi connectivity index (χ0v) is 9.44. The van der Waals surface area contributed by atoms with Crippen LogP contribution in [0.25, 0.3) is 0 Å². The van der Waals surface area contributed by atoms with Crippen molar-refractivity contribution < 1.29 is 0 Å². The summed E-state index contributed by atoms with van der Waals surface area (Å²) in [6.07, 6.45) is 4.39. The number of nitrogens with one attached hydrogen (secondary N) is 1. The number of pyridine rings is 1. The van der Waals surface area contributed by atoms with Crippen LogP contribution in [0.4, 0.5) is 0 Å². The van der Waals surface area contributed by atoms with Gasteiger partial charge in [0.15, 0.2) is 0 Å². The molecule has 1 aliphatic carbocycles. The number of rotatable bonds is 5. The van der Waals surface area contributed by atoms with E-state index in [0.29, 0.717) is 5.02 Å². The Morgan fingerprint density at radius 2 is 2.36 bits per heavy atom. The van der Waals surface area contributed by atoms with Crippen LogP contribution in [-0.4, -0.2) is 23.3 Å². The Bertz CT molecular complexity index is 285. The Morgan fingerprint density at radius 3 is 3.00 bits per heavy atom. The monoisotopic (exact) mass is 228 g/mol. The molecule has 0 atom stereocenters. The first kappa shape index (κ1) is 10.3. The van der Waals surface area contributed by atoms with Gasteiger partial charge in [0.05, 0.1) is 10.0 Å². The second-order valence-corrected chi connectivity index (χ2v) is 4.94. The molecule has 0 amide bonds. The molecule has 1 aromatic heterocycles. The van der Waals surface area contributed by atoms with Crippen LogP contribution in [0.15, 0.2) is 23.4 Å². The Kier molecular flexibility index (Phi) is 3.67. The molecule has 0 saturated heterocycles. The highest BCUT2D eigenvalue weighted by atomic mass is 35.5. The van der Waals surface area contributed by atoms with E-state index in [0.717, 1.165) is 23.4 Å². The van der Waals surface area contributed by atoms with Gasteiger partial charge in [-0.25, -0.2) is 4.98 Å². The van der Waals surface area contributed by atoms with Crippen LogP contribution in [0.1, 0.15) is 12.8 Å². The molecule has 1 fully saturated rings. The maximum absolute atomic E-state index is 5.74. The minimum Gasteiger partial charge on any atom is -0.313 e. The minimum absolute atomic E-state index is 0.699. The van der Waals surface area contributed by atoms with Crippen molar-refractivity contribution in [2.24, 2.45) is 0 Å². The molecular formula is C10H13ClN2S. The minimum atomic E-state index is 0.699. The summed E-state index contributed by atoms with van der Waals surface area (Å²) in [5, 5.41) is 5.21. The third-order valence-electron chi connectivity index (χ3n) is 2.06. The third-order valence-corrected chi connectivity index (χ3v) is 3.23. The molecule has 0 aromatic carbocycles. The van der Waals surface area contributed by atoms with E-state index >= 15 is 0 Å². The summed E-state index contributed by atoms with van der Waals surface area (Å²) < 4.78 is 0. The van der Waals surface area contributed by atoms with Crippen molar-refractivity contribution in [3.63, 3.8) is 0 Å². The van der Waals surface area contributed by atoms with E-state index in [1.54, 1.807) is 18.0 Å². The molecule has 14 heavy (non-hydrogen) atoms. The average Bonchev–Trinajstić information content (AvgIpc) is 2.99. The maximum Gasteiger partial charge on any atom is 0.0961 e. The Hall–Kier alpha value is -0.250. The van der Waals surface area contributed by atoms with Crippen LogP contribution >= 0.6 is 23.4 Å². The van der Waals surface area contributed by atoms with Crippen LogP contribution < -0.4 is 5.32 Å². The SMILES string of the molecule is Clc1ccc(SCCNC2CC2)nc1. The highest BCUT2D eigenvalue weighted by molar-refractivity contribution is 7.99. The molecule has 1 saturated carbocycles. The number of thioether (sulfide) groups is 1. The molecular weight excluding hydrogens is 216 g/mol. The molecule has 0 unspecified atom stereocenters. The van der Waals surface area contributed by atoms with Gasteiger partial charge in [-0.2, -0.15) is 0 Å². The molecule has 0 aliphatic heterocycles. The average molecular weight is 229 g/mol. The third kappa shape index (κ3) is 3.48. The highest BCUT2D eigenvalue weighted by Crippen LogP contribution is 2.20. The Labute approximate surface area is 93.4 Å². The molecule has 0 radical (unpaired) electrons. The van der Waals surface area contributed by atoms with Gasteiger partial charge in [0.25, 0.3) is 0 Å². The fraction of sp³-hybridized carbons (Fsp3) is 0.500. The van der Waals surface area contributed by atoms with Crippen LogP contribution in [0.5, 0.6) is 0 Å². The summed E-state index contributed by atoms with van der Waals surface area (Å²) in [4.78, 5) is 4.21. The lowest BCUT2D eigenvalue weighted by Gasteiger charge is -2.02. The molecule has 1 aromatic rings. The molecule has 1 N–H and O–H groups in total. The van der Waals surface area contributed by atoms with Crippen molar-refractivity contribution in [3.05, 3.63) is 23.4 Å². The Morgan fingerprint density at radius 1 is 1.50 bits per heavy atom. The van der Waals surface area contributed by atoms with Crippen LogP contribution in [-0.2, 0) is 0 Å². The number of nitrogens with zero attached hydrogens (tertiary/aromatic N) is 1. The summed E-state index contributed by atoms with van der Waals surface area (Å²) in [5.41, 5.74) is 0. The number of hydrogen-bond acceptors (Lipinski definition) is 3. The summed E-state index contributed by atoms with van der Waals surface area (Å²) >= 11 is 7.51. The van der Waals surface area contributed by atoms with E-state index in [-0.39, 0.29) is 0 Å². The van der Waals surface area contributed by atoms with Crippen molar-refractivity contribution in [3.8, 4) is 0 Å². The van der Waals surface area contributed by atoms with Gasteiger partial charge in [-0.05, 0) is 25.0 Å². The lowest BCUT2D eigenvalue weighted by Crippen LogP contribution is -2.19. The highest BCUT2D eigenvalue weighted by Gasteiger charge is 2.19. The van der Waals surface area contributed by atoms with E-state index in [2.05, 4.69) is 10.3 Å². The van der Waals surface area contributed by atoms with Gasteiger partial charge in [0.2, 0.25) is 0 Å². The normalized spacial score (nSPS) is 15.8. The largest absolute Gasteiger partial charge is 0.313 e. The quantitative estimate of drug-likeness (QED) is 0.620. The predicted octanol–water partition coefficient (Wildman–Crippen LogP) is 2.58. The summed E-state index contributed by atoms with van der Waals surface area (Å²) in [6.45, 7) is 1.07. The van der Waals surface area contributed by atoms with Crippen LogP contribution in [0.2, 0.25) is 5.02 Å². The van der Waals surface area contributed by atoms with Gasteiger partial charge < -0.3 is 5.32 Å². The van der Waals surface area contributed by atoms with Crippen molar-refractivity contribution >= 4 is 23.4 Å². The molecule has 1 heterocycles. The van der Waals surface area contributed by atoms with Crippen molar-refractivity contribution in [1.29, 1.82) is 0 Å². The fourth-order valence-electron chi connectivity index (χ4n) is 1.15. The first-order chi connectivity index (χ1) is 6.84. The van der Waals surface area contributed by atoms with E-state index < -0.39 is 0 Å². The standard InChI is InChI=1S/C10H13ClN2S/c11-8-1-4-10(13-7-8)14-6-5-12-9-2-3-9/h1,4,7,9,12H,2-3,5-6H2. The molecule has 0 spiro atoms. The molecule has 2 nitrogen and oxygen atoms in total. The van der Waals surface area contributed by atoms with E-state index in [1.165, 1.54) is 12.8 Å². The lowest BCUT2D eigenvalue weighted by atomic mass is 10.5. The van der Waals surface area contributed by atoms with Gasteiger partial charge in [0.1, 0.15) is 0 Å². The van der Waals surface area contributed by atoms with Gasteiger partial charge in [-0.3, -0.25) is 0 Å². The zero-order valence-electron chi connectivity index (χ0n) is 7.87. The Balaban J connectivity index is 1.66. The zero-order chi connectivity index (χ0) is 9.80. The maximum atomic E-state index is 5.74. The summed E-state index contributed by atoms with van der Waals surface area (Å²) in [5.74, 6) is 1.07. The number of hydrogen-bond donors (Lipinski definition) is 1. The van der Waals surface area contributed by atoms with Gasteiger partial charge >= 0.3 is 0 Å². The van der Waals surface area contributed by atoms with E-state index in [4.69, 9.17) is 11.6 Å². The molecule has 76 valence electrons. The van der Waals surface area contributed by atoms with Crippen molar-refractivity contribution in [2.75, 3.05) is 12.3 Å². The summed E-state index contributed by atoms with van der Waals surface area (Å²) in [7, 11) is 0. The fourth-order valence-corrected chi connectivity index (χ4v) is 1.99. The predicted molar refractivity (Wildman–Crippen MR) is 61.0 cm³/mol. The number of halogens is 1. The van der Waals surface area contributed by atoms with Crippen molar-refractivity contribution in [2.45, 2.75) is 23.9 Å². The molecule has 1 aliphatic rings. The van der Waals surface area contributed by atoms with Crippen LogP contribution in [0, 0.1) is 0 Å². The second kappa shape index (κ2) is 5.01. The second-order valence-electron chi connectivity index (χ2n) is 3.39. The first-order valence-electron chi connectivity index (χ1n) is 4.82. The number of aromatic nitrogens is 1. The smallest absolute Gasteiger partial charge is 0.0961 e. The van der Waals surface area contributed by atoms with Crippen molar-refractivity contribution in [1.82, 2.24) is 10.3 Å². The lowest BCUT2D eigenvalue weighted by molar-refractivity contribution is 0.726.